The van der Waals surface area contributed by atoms with Crippen LogP contribution in [0.25, 0.3) is 0 Å². The molecule has 116 valence electrons. The van der Waals surface area contributed by atoms with E-state index >= 15 is 0 Å². The summed E-state index contributed by atoms with van der Waals surface area (Å²) in [6.45, 7) is 4.23. The third-order valence-electron chi connectivity index (χ3n) is 3.14. The lowest BCUT2D eigenvalue weighted by molar-refractivity contribution is 0.798. The van der Waals surface area contributed by atoms with Crippen molar-refractivity contribution in [3.05, 3.63) is 64.9 Å². The van der Waals surface area contributed by atoms with Crippen molar-refractivity contribution in [2.24, 2.45) is 4.99 Å². The Kier molecular flexibility index (Phi) is 6.71. The Balaban J connectivity index is 1.89. The third kappa shape index (κ3) is 5.37. The first-order valence-electron chi connectivity index (χ1n) is 7.44. The van der Waals surface area contributed by atoms with Crippen molar-refractivity contribution in [3.8, 4) is 0 Å². The van der Waals surface area contributed by atoms with Crippen LogP contribution in [0.15, 0.2) is 53.8 Å². The SMILES string of the molecule is CCNC(=NCc1ccccc1Cl)NCCc1cccnc1. The molecule has 5 heteroatoms. The number of hydrogen-bond donors (Lipinski definition) is 2. The Labute approximate surface area is 136 Å². The Hall–Kier alpha value is -2.07. The number of aliphatic imine (C=N–C) groups is 1. The summed E-state index contributed by atoms with van der Waals surface area (Å²) in [5.74, 6) is 0.798. The molecule has 2 rings (SSSR count). The fraction of sp³-hybridized carbons (Fsp3) is 0.294. The van der Waals surface area contributed by atoms with Crippen LogP contribution in [-0.2, 0) is 13.0 Å². The molecule has 0 spiro atoms. The molecule has 2 aromatic rings. The fourth-order valence-electron chi connectivity index (χ4n) is 2.00. The summed E-state index contributed by atoms with van der Waals surface area (Å²) in [6, 6.07) is 11.8. The predicted octanol–water partition coefficient (Wildman–Crippen LogP) is 3.03. The Morgan fingerprint density at radius 1 is 1.18 bits per heavy atom. The number of halogens is 1. The van der Waals surface area contributed by atoms with Crippen molar-refractivity contribution in [3.63, 3.8) is 0 Å². The largest absolute Gasteiger partial charge is 0.357 e. The minimum absolute atomic E-state index is 0.557. The van der Waals surface area contributed by atoms with E-state index in [1.54, 1.807) is 6.20 Å². The third-order valence-corrected chi connectivity index (χ3v) is 3.51. The molecule has 0 radical (unpaired) electrons. The second kappa shape index (κ2) is 9.05. The van der Waals surface area contributed by atoms with Crippen LogP contribution < -0.4 is 10.6 Å². The maximum atomic E-state index is 6.15. The van der Waals surface area contributed by atoms with Crippen LogP contribution in [0, 0.1) is 0 Å². The Morgan fingerprint density at radius 3 is 2.77 bits per heavy atom. The number of aromatic nitrogens is 1. The first-order chi connectivity index (χ1) is 10.8. The van der Waals surface area contributed by atoms with Gasteiger partial charge in [-0.25, -0.2) is 4.99 Å². The number of guanidine groups is 1. The molecule has 0 saturated carbocycles. The topological polar surface area (TPSA) is 49.3 Å². The summed E-state index contributed by atoms with van der Waals surface area (Å²) >= 11 is 6.15. The quantitative estimate of drug-likeness (QED) is 0.636. The highest BCUT2D eigenvalue weighted by molar-refractivity contribution is 6.31. The average molecular weight is 317 g/mol. The highest BCUT2D eigenvalue weighted by atomic mass is 35.5. The van der Waals surface area contributed by atoms with Crippen molar-refractivity contribution >= 4 is 17.6 Å². The molecule has 4 nitrogen and oxygen atoms in total. The van der Waals surface area contributed by atoms with Gasteiger partial charge in [0.2, 0.25) is 0 Å². The number of rotatable bonds is 6. The molecule has 0 fully saturated rings. The summed E-state index contributed by atoms with van der Waals surface area (Å²) in [5.41, 5.74) is 2.23. The fourth-order valence-corrected chi connectivity index (χ4v) is 2.20. The molecule has 1 heterocycles. The number of hydrogen-bond acceptors (Lipinski definition) is 2. The second-order valence-electron chi connectivity index (χ2n) is 4.82. The molecule has 0 aliphatic heterocycles. The van der Waals surface area contributed by atoms with Crippen molar-refractivity contribution in [2.45, 2.75) is 19.9 Å². The van der Waals surface area contributed by atoms with E-state index in [-0.39, 0.29) is 0 Å². The minimum atomic E-state index is 0.557. The van der Waals surface area contributed by atoms with Crippen molar-refractivity contribution < 1.29 is 0 Å². The summed E-state index contributed by atoms with van der Waals surface area (Å²) < 4.78 is 0. The summed E-state index contributed by atoms with van der Waals surface area (Å²) in [4.78, 5) is 8.69. The average Bonchev–Trinajstić information content (AvgIpc) is 2.55. The van der Waals surface area contributed by atoms with Crippen LogP contribution in [0.1, 0.15) is 18.1 Å². The van der Waals surface area contributed by atoms with Gasteiger partial charge in [0, 0.05) is 30.5 Å². The van der Waals surface area contributed by atoms with E-state index in [9.17, 15) is 0 Å². The van der Waals surface area contributed by atoms with Crippen LogP contribution in [-0.4, -0.2) is 24.0 Å². The van der Waals surface area contributed by atoms with Gasteiger partial charge in [-0.2, -0.15) is 0 Å². The maximum absolute atomic E-state index is 6.15. The highest BCUT2D eigenvalue weighted by Crippen LogP contribution is 2.15. The molecule has 0 saturated heterocycles. The number of benzene rings is 1. The Morgan fingerprint density at radius 2 is 2.05 bits per heavy atom. The van der Waals surface area contributed by atoms with Crippen LogP contribution in [0.2, 0.25) is 5.02 Å². The molecule has 1 aromatic carbocycles. The maximum Gasteiger partial charge on any atom is 0.191 e. The van der Waals surface area contributed by atoms with E-state index in [1.807, 2.05) is 43.5 Å². The van der Waals surface area contributed by atoms with Crippen LogP contribution in [0.5, 0.6) is 0 Å². The number of nitrogens with zero attached hydrogens (tertiary/aromatic N) is 2. The lowest BCUT2D eigenvalue weighted by Gasteiger charge is -2.11. The lowest BCUT2D eigenvalue weighted by atomic mass is 10.2. The van der Waals surface area contributed by atoms with Crippen molar-refractivity contribution in [1.82, 2.24) is 15.6 Å². The number of pyridine rings is 1. The van der Waals surface area contributed by atoms with E-state index in [1.165, 1.54) is 5.56 Å². The normalized spacial score (nSPS) is 11.3. The molecule has 0 bridgehead atoms. The molecule has 22 heavy (non-hydrogen) atoms. The molecule has 0 aliphatic rings. The zero-order valence-corrected chi connectivity index (χ0v) is 13.5. The summed E-state index contributed by atoms with van der Waals surface area (Å²) in [6.07, 6.45) is 4.58. The van der Waals surface area contributed by atoms with Gasteiger partial charge < -0.3 is 10.6 Å². The van der Waals surface area contributed by atoms with E-state index in [4.69, 9.17) is 11.6 Å². The number of nitrogens with one attached hydrogen (secondary N) is 2. The first-order valence-corrected chi connectivity index (χ1v) is 7.82. The minimum Gasteiger partial charge on any atom is -0.357 e. The Bertz CT molecular complexity index is 599. The van der Waals surface area contributed by atoms with E-state index < -0.39 is 0 Å². The first kappa shape index (κ1) is 16.3. The van der Waals surface area contributed by atoms with Gasteiger partial charge in [-0.15, -0.1) is 0 Å². The summed E-state index contributed by atoms with van der Waals surface area (Å²) in [5, 5.41) is 7.31. The molecular formula is C17H21ClN4. The molecule has 0 unspecified atom stereocenters. The highest BCUT2D eigenvalue weighted by Gasteiger charge is 2.00. The van der Waals surface area contributed by atoms with Gasteiger partial charge in [-0.05, 0) is 36.6 Å². The van der Waals surface area contributed by atoms with E-state index in [2.05, 4.69) is 26.7 Å². The van der Waals surface area contributed by atoms with Gasteiger partial charge in [0.1, 0.15) is 0 Å². The monoisotopic (exact) mass is 316 g/mol. The van der Waals surface area contributed by atoms with Gasteiger partial charge in [0.25, 0.3) is 0 Å². The van der Waals surface area contributed by atoms with Gasteiger partial charge in [0.15, 0.2) is 5.96 Å². The molecular weight excluding hydrogens is 296 g/mol. The van der Waals surface area contributed by atoms with Gasteiger partial charge >= 0.3 is 0 Å². The van der Waals surface area contributed by atoms with Crippen molar-refractivity contribution in [1.29, 1.82) is 0 Å². The molecule has 1 aromatic heterocycles. The van der Waals surface area contributed by atoms with Crippen molar-refractivity contribution in [2.75, 3.05) is 13.1 Å². The molecule has 2 N–H and O–H groups in total. The van der Waals surface area contributed by atoms with E-state index in [0.717, 1.165) is 36.1 Å². The van der Waals surface area contributed by atoms with Crippen LogP contribution >= 0.6 is 11.6 Å². The van der Waals surface area contributed by atoms with Gasteiger partial charge in [-0.3, -0.25) is 4.98 Å². The van der Waals surface area contributed by atoms with Gasteiger partial charge in [0.05, 0.1) is 6.54 Å². The zero-order chi connectivity index (χ0) is 15.6. The second-order valence-corrected chi connectivity index (χ2v) is 5.23. The smallest absolute Gasteiger partial charge is 0.191 e. The summed E-state index contributed by atoms with van der Waals surface area (Å²) in [7, 11) is 0. The van der Waals surface area contributed by atoms with E-state index in [0.29, 0.717) is 6.54 Å². The van der Waals surface area contributed by atoms with Crippen LogP contribution in [0.4, 0.5) is 0 Å². The lowest BCUT2D eigenvalue weighted by Crippen LogP contribution is -2.38. The van der Waals surface area contributed by atoms with Crippen LogP contribution in [0.3, 0.4) is 0 Å². The standard InChI is InChI=1S/C17H21ClN4/c1-2-20-17(21-11-9-14-6-5-10-19-12-14)22-13-15-7-3-4-8-16(15)18/h3-8,10,12H,2,9,11,13H2,1H3,(H2,20,21,22). The van der Waals surface area contributed by atoms with Gasteiger partial charge in [-0.1, -0.05) is 35.9 Å². The molecule has 0 aliphatic carbocycles. The zero-order valence-electron chi connectivity index (χ0n) is 12.7. The molecule has 0 atom stereocenters. The molecule has 0 amide bonds. The predicted molar refractivity (Wildman–Crippen MR) is 92.2 cm³/mol.